The summed E-state index contributed by atoms with van der Waals surface area (Å²) in [6.07, 6.45) is 0.520. The topological polar surface area (TPSA) is 88.6 Å². The minimum Gasteiger partial charge on any atom is -0.443 e. The summed E-state index contributed by atoms with van der Waals surface area (Å²) in [6.45, 7) is 4.27. The Kier molecular flexibility index (Phi) is 4.24. The van der Waals surface area contributed by atoms with Crippen LogP contribution in [0.25, 0.3) is 0 Å². The molecule has 0 bridgehead atoms. The van der Waals surface area contributed by atoms with E-state index in [4.69, 9.17) is 4.74 Å². The van der Waals surface area contributed by atoms with Crippen LogP contribution in [0, 0.1) is 6.92 Å². The van der Waals surface area contributed by atoms with Gasteiger partial charge in [-0.25, -0.2) is 18.2 Å². The van der Waals surface area contributed by atoms with E-state index >= 15 is 0 Å². The number of aryl methyl sites for hydroxylation is 1. The van der Waals surface area contributed by atoms with Gasteiger partial charge in [0.25, 0.3) is 10.0 Å². The van der Waals surface area contributed by atoms with Gasteiger partial charge in [-0.05, 0) is 25.5 Å². The number of nitrogens with zero attached hydrogens (tertiary/aromatic N) is 2. The van der Waals surface area contributed by atoms with E-state index < -0.39 is 22.2 Å². The van der Waals surface area contributed by atoms with Gasteiger partial charge >= 0.3 is 6.09 Å². The van der Waals surface area contributed by atoms with Crippen molar-refractivity contribution in [1.29, 1.82) is 0 Å². The molecule has 0 radical (unpaired) electrons. The molecule has 0 unspecified atom stereocenters. The van der Waals surface area contributed by atoms with E-state index in [-0.39, 0.29) is 18.1 Å². The van der Waals surface area contributed by atoms with Crippen molar-refractivity contribution in [2.24, 2.45) is 0 Å². The number of ether oxygens (including phenoxy) is 1. The summed E-state index contributed by atoms with van der Waals surface area (Å²) in [6, 6.07) is 3.38. The van der Waals surface area contributed by atoms with Gasteiger partial charge in [-0.3, -0.25) is 0 Å². The lowest BCUT2D eigenvalue weighted by atomic mass is 10.2. The lowest BCUT2D eigenvalue weighted by molar-refractivity contribution is 0.0271. The molecule has 1 fully saturated rings. The first kappa shape index (κ1) is 14.7. The molecule has 8 heteroatoms. The van der Waals surface area contributed by atoms with Crippen LogP contribution < -0.4 is 5.32 Å². The monoisotopic (exact) mass is 299 g/mol. The highest BCUT2D eigenvalue weighted by atomic mass is 32.2. The van der Waals surface area contributed by atoms with Crippen molar-refractivity contribution in [3.8, 4) is 0 Å². The predicted molar refractivity (Wildman–Crippen MR) is 71.7 cm³/mol. The lowest BCUT2D eigenvalue weighted by Crippen LogP contribution is -2.56. The van der Waals surface area contributed by atoms with E-state index in [9.17, 15) is 13.2 Å². The molecule has 7 nitrogen and oxygen atoms in total. The first-order chi connectivity index (χ1) is 9.45. The minimum absolute atomic E-state index is 0.0523. The van der Waals surface area contributed by atoms with Crippen molar-refractivity contribution in [2.75, 3.05) is 19.6 Å². The number of nitrogens with one attached hydrogen (secondary N) is 1. The molecular weight excluding hydrogens is 282 g/mol. The van der Waals surface area contributed by atoms with Crippen LogP contribution in [0.15, 0.2) is 23.4 Å². The number of sulfonamides is 1. The van der Waals surface area contributed by atoms with Crippen molar-refractivity contribution in [1.82, 2.24) is 14.6 Å². The van der Waals surface area contributed by atoms with Gasteiger partial charge in [0.05, 0.1) is 13.1 Å². The molecule has 110 valence electrons. The SMILES string of the molecule is CCNC(=O)OC1CN(S(=O)(=O)c2ncccc2C)C1. The summed E-state index contributed by atoms with van der Waals surface area (Å²) >= 11 is 0. The van der Waals surface area contributed by atoms with Crippen LogP contribution in [0.1, 0.15) is 12.5 Å². The molecule has 1 saturated heterocycles. The Balaban J connectivity index is 1.98. The molecule has 1 aliphatic heterocycles. The lowest BCUT2D eigenvalue weighted by Gasteiger charge is -2.36. The maximum atomic E-state index is 12.3. The highest BCUT2D eigenvalue weighted by Crippen LogP contribution is 2.23. The second kappa shape index (κ2) is 5.76. The third-order valence-corrected chi connectivity index (χ3v) is 4.85. The fourth-order valence-corrected chi connectivity index (χ4v) is 3.51. The van der Waals surface area contributed by atoms with E-state index in [1.165, 1.54) is 10.5 Å². The third kappa shape index (κ3) is 2.91. The smallest absolute Gasteiger partial charge is 0.407 e. The summed E-state index contributed by atoms with van der Waals surface area (Å²) in [4.78, 5) is 15.1. The van der Waals surface area contributed by atoms with Gasteiger partial charge < -0.3 is 10.1 Å². The average Bonchev–Trinajstić information content (AvgIpc) is 2.33. The van der Waals surface area contributed by atoms with Crippen molar-refractivity contribution in [3.05, 3.63) is 23.9 Å². The predicted octanol–water partition coefficient (Wildman–Crippen LogP) is 0.509. The molecule has 0 aromatic carbocycles. The molecule has 2 rings (SSSR count). The number of carbonyl (C=O) groups excluding carboxylic acids is 1. The zero-order chi connectivity index (χ0) is 14.8. The van der Waals surface area contributed by atoms with Gasteiger partial charge in [-0.1, -0.05) is 6.07 Å². The van der Waals surface area contributed by atoms with Crippen LogP contribution in [-0.4, -0.2) is 49.5 Å². The van der Waals surface area contributed by atoms with Gasteiger partial charge in [0.1, 0.15) is 6.10 Å². The summed E-state index contributed by atoms with van der Waals surface area (Å²) < 4.78 is 30.9. The number of amides is 1. The quantitative estimate of drug-likeness (QED) is 0.875. The minimum atomic E-state index is -3.60. The Morgan fingerprint density at radius 2 is 2.25 bits per heavy atom. The second-order valence-electron chi connectivity index (χ2n) is 4.51. The van der Waals surface area contributed by atoms with Gasteiger partial charge in [0, 0.05) is 12.7 Å². The number of hydrogen-bond donors (Lipinski definition) is 1. The Morgan fingerprint density at radius 3 is 2.85 bits per heavy atom. The summed E-state index contributed by atoms with van der Waals surface area (Å²) in [5.41, 5.74) is 0.598. The molecule has 1 N–H and O–H groups in total. The van der Waals surface area contributed by atoms with Gasteiger partial charge in [-0.15, -0.1) is 0 Å². The standard InChI is InChI=1S/C12H17N3O4S/c1-3-13-12(16)19-10-7-15(8-10)20(17,18)11-9(2)5-4-6-14-11/h4-6,10H,3,7-8H2,1-2H3,(H,13,16). The average molecular weight is 299 g/mol. The van der Waals surface area contributed by atoms with Crippen LogP contribution in [0.5, 0.6) is 0 Å². The van der Waals surface area contributed by atoms with E-state index in [1.807, 2.05) is 0 Å². The van der Waals surface area contributed by atoms with Gasteiger partial charge in [0.2, 0.25) is 0 Å². The second-order valence-corrected chi connectivity index (χ2v) is 6.36. The number of hydrogen-bond acceptors (Lipinski definition) is 5. The molecule has 0 spiro atoms. The van der Waals surface area contributed by atoms with Crippen LogP contribution in [0.2, 0.25) is 0 Å². The Morgan fingerprint density at radius 1 is 1.55 bits per heavy atom. The zero-order valence-electron chi connectivity index (χ0n) is 11.4. The normalized spacial score (nSPS) is 16.5. The summed E-state index contributed by atoms with van der Waals surface area (Å²) in [5, 5.41) is 2.55. The highest BCUT2D eigenvalue weighted by Gasteiger charge is 2.40. The molecule has 2 heterocycles. The van der Waals surface area contributed by atoms with Gasteiger partial charge in [0.15, 0.2) is 5.03 Å². The van der Waals surface area contributed by atoms with Crippen LogP contribution in [0.4, 0.5) is 4.79 Å². The van der Waals surface area contributed by atoms with Gasteiger partial charge in [-0.2, -0.15) is 4.31 Å². The molecule has 1 amide bonds. The molecule has 20 heavy (non-hydrogen) atoms. The van der Waals surface area contributed by atoms with Crippen molar-refractivity contribution >= 4 is 16.1 Å². The number of carbonyl (C=O) groups is 1. The van der Waals surface area contributed by atoms with E-state index in [1.54, 1.807) is 26.0 Å². The first-order valence-electron chi connectivity index (χ1n) is 6.31. The Bertz CT molecular complexity index is 596. The molecular formula is C12H17N3O4S. The van der Waals surface area contributed by atoms with Crippen molar-refractivity contribution in [3.63, 3.8) is 0 Å². The molecule has 0 aliphatic carbocycles. The number of pyridine rings is 1. The molecule has 1 aromatic rings. The van der Waals surface area contributed by atoms with Crippen LogP contribution >= 0.6 is 0 Å². The largest absolute Gasteiger partial charge is 0.443 e. The van der Waals surface area contributed by atoms with Crippen LogP contribution in [0.3, 0.4) is 0 Å². The summed E-state index contributed by atoms with van der Waals surface area (Å²) in [7, 11) is -3.60. The Hall–Kier alpha value is -1.67. The van der Waals surface area contributed by atoms with E-state index in [0.29, 0.717) is 12.1 Å². The number of rotatable bonds is 4. The van der Waals surface area contributed by atoms with Crippen molar-refractivity contribution in [2.45, 2.75) is 25.0 Å². The zero-order valence-corrected chi connectivity index (χ0v) is 12.2. The highest BCUT2D eigenvalue weighted by molar-refractivity contribution is 7.89. The molecule has 1 aliphatic rings. The molecule has 0 atom stereocenters. The third-order valence-electron chi connectivity index (χ3n) is 2.96. The number of aromatic nitrogens is 1. The fraction of sp³-hybridized carbons (Fsp3) is 0.500. The number of alkyl carbamates (subject to hydrolysis) is 1. The maximum absolute atomic E-state index is 12.3. The first-order valence-corrected chi connectivity index (χ1v) is 7.75. The van der Waals surface area contributed by atoms with Crippen LogP contribution in [-0.2, 0) is 14.8 Å². The summed E-state index contributed by atoms with van der Waals surface area (Å²) in [5.74, 6) is 0. The Labute approximate surface area is 118 Å². The fourth-order valence-electron chi connectivity index (χ4n) is 1.87. The van der Waals surface area contributed by atoms with E-state index in [0.717, 1.165) is 0 Å². The molecule has 1 aromatic heterocycles. The maximum Gasteiger partial charge on any atom is 0.407 e. The molecule has 0 saturated carbocycles. The van der Waals surface area contributed by atoms with E-state index in [2.05, 4.69) is 10.3 Å². The van der Waals surface area contributed by atoms with Crippen molar-refractivity contribution < 1.29 is 17.9 Å².